The summed E-state index contributed by atoms with van der Waals surface area (Å²) in [5, 5.41) is 0.179. The Hall–Kier alpha value is -1.33. The van der Waals surface area contributed by atoms with E-state index in [0.717, 1.165) is 11.4 Å². The van der Waals surface area contributed by atoms with Gasteiger partial charge in [-0.15, -0.1) is 0 Å². The molecule has 2 aromatic rings. The number of hydrogen-bond donors (Lipinski definition) is 1. The second kappa shape index (κ2) is 5.12. The molecule has 0 saturated heterocycles. The molecule has 18 heavy (non-hydrogen) atoms. The smallest absolute Gasteiger partial charge is 0.267 e. The van der Waals surface area contributed by atoms with Crippen molar-refractivity contribution in [2.75, 3.05) is 5.43 Å². The molecule has 0 aromatic carbocycles. The fourth-order valence-corrected chi connectivity index (χ4v) is 2.11. The van der Waals surface area contributed by atoms with Crippen molar-refractivity contribution in [2.24, 2.45) is 0 Å². The van der Waals surface area contributed by atoms with Crippen LogP contribution in [0, 0.1) is 13.8 Å². The van der Waals surface area contributed by atoms with Crippen LogP contribution in [0.4, 0.5) is 0 Å². The fraction of sp³-hybridized carbons (Fsp3) is 0.167. The largest absolute Gasteiger partial charge is 0.273 e. The molecule has 0 spiro atoms. The van der Waals surface area contributed by atoms with Crippen LogP contribution < -0.4 is 5.43 Å². The van der Waals surface area contributed by atoms with Crippen molar-refractivity contribution in [1.29, 1.82) is 0 Å². The first kappa shape index (κ1) is 13.1. The third kappa shape index (κ3) is 2.57. The molecule has 0 saturated carbocycles. The zero-order valence-corrected chi connectivity index (χ0v) is 12.2. The maximum atomic E-state index is 12.1. The highest BCUT2D eigenvalue weighted by Crippen LogP contribution is 2.18. The molecule has 0 fully saturated rings. The number of nitrogens with zero attached hydrogens (tertiary/aromatic N) is 2. The molecule has 0 radical (unpaired) electrons. The lowest BCUT2D eigenvalue weighted by Crippen LogP contribution is -2.25. The first-order chi connectivity index (χ1) is 8.49. The van der Waals surface area contributed by atoms with Gasteiger partial charge >= 0.3 is 0 Å². The molecule has 0 atom stereocenters. The minimum Gasteiger partial charge on any atom is -0.267 e. The lowest BCUT2D eigenvalue weighted by molar-refractivity contribution is 0.101. The average molecular weight is 329 g/mol. The van der Waals surface area contributed by atoms with E-state index in [2.05, 4.69) is 26.3 Å². The summed E-state index contributed by atoms with van der Waals surface area (Å²) in [4.78, 5) is 16.0. The van der Waals surface area contributed by atoms with Gasteiger partial charge in [-0.2, -0.15) is 0 Å². The van der Waals surface area contributed by atoms with Gasteiger partial charge in [-0.1, -0.05) is 11.6 Å². The van der Waals surface area contributed by atoms with E-state index < -0.39 is 0 Å². The monoisotopic (exact) mass is 327 g/mol. The number of hydrogen-bond acceptors (Lipinski definition) is 2. The zero-order chi connectivity index (χ0) is 13.3. The van der Waals surface area contributed by atoms with Crippen molar-refractivity contribution in [3.05, 3.63) is 51.0 Å². The number of rotatable bonds is 2. The third-order valence-electron chi connectivity index (χ3n) is 2.53. The van der Waals surface area contributed by atoms with Crippen LogP contribution in [-0.4, -0.2) is 15.6 Å². The van der Waals surface area contributed by atoms with Crippen LogP contribution in [-0.2, 0) is 0 Å². The van der Waals surface area contributed by atoms with Gasteiger partial charge in [-0.3, -0.25) is 14.9 Å². The topological polar surface area (TPSA) is 46.9 Å². The highest BCUT2D eigenvalue weighted by molar-refractivity contribution is 9.10. The molecule has 0 aliphatic heterocycles. The summed E-state index contributed by atoms with van der Waals surface area (Å²) in [5.41, 5.74) is 5.00. The summed E-state index contributed by atoms with van der Waals surface area (Å²) in [6.45, 7) is 3.82. The number of nitrogens with one attached hydrogen (secondary N) is 1. The van der Waals surface area contributed by atoms with E-state index in [1.54, 1.807) is 16.9 Å². The number of carbonyl (C=O) groups is 1. The van der Waals surface area contributed by atoms with Gasteiger partial charge in [0.15, 0.2) is 0 Å². The van der Waals surface area contributed by atoms with Gasteiger partial charge in [-0.05, 0) is 48.0 Å². The highest BCUT2D eigenvalue weighted by Gasteiger charge is 2.13. The number of aromatic nitrogens is 2. The second-order valence-electron chi connectivity index (χ2n) is 3.88. The van der Waals surface area contributed by atoms with E-state index in [0.29, 0.717) is 10.0 Å². The van der Waals surface area contributed by atoms with Crippen molar-refractivity contribution in [3.8, 4) is 0 Å². The minimum absolute atomic E-state index is 0.179. The van der Waals surface area contributed by atoms with Crippen molar-refractivity contribution in [3.63, 3.8) is 0 Å². The number of aryl methyl sites for hydroxylation is 2. The van der Waals surface area contributed by atoms with Crippen LogP contribution in [0.3, 0.4) is 0 Å². The quantitative estimate of drug-likeness (QED) is 0.860. The van der Waals surface area contributed by atoms with E-state index in [4.69, 9.17) is 11.6 Å². The van der Waals surface area contributed by atoms with Crippen molar-refractivity contribution in [1.82, 2.24) is 9.66 Å². The number of halogens is 2. The van der Waals surface area contributed by atoms with E-state index in [1.165, 1.54) is 0 Å². The van der Waals surface area contributed by atoms with Gasteiger partial charge in [0, 0.05) is 22.1 Å². The molecule has 0 aliphatic carbocycles. The molecular formula is C12H11BrClN3O. The Morgan fingerprint density at radius 3 is 2.61 bits per heavy atom. The Morgan fingerprint density at radius 2 is 2.00 bits per heavy atom. The van der Waals surface area contributed by atoms with E-state index >= 15 is 0 Å². The van der Waals surface area contributed by atoms with E-state index in [-0.39, 0.29) is 11.1 Å². The first-order valence-corrected chi connectivity index (χ1v) is 6.43. The Kier molecular flexibility index (Phi) is 3.73. The maximum Gasteiger partial charge on any atom is 0.273 e. The molecule has 1 amide bonds. The van der Waals surface area contributed by atoms with Crippen LogP contribution in [0.1, 0.15) is 21.7 Å². The second-order valence-corrected chi connectivity index (χ2v) is 5.16. The van der Waals surface area contributed by atoms with Crippen LogP contribution in [0.15, 0.2) is 28.9 Å². The molecule has 94 valence electrons. The molecule has 0 unspecified atom stereocenters. The standard InChI is InChI=1S/C12H11BrClN3O/c1-7-3-4-8(2)17(7)16-12(18)10-5-9(13)6-15-11(10)14/h3-6H,1-2H3,(H,16,18). The summed E-state index contributed by atoms with van der Waals surface area (Å²) < 4.78 is 2.41. The average Bonchev–Trinajstić information content (AvgIpc) is 2.64. The number of pyridine rings is 1. The minimum atomic E-state index is -0.295. The lowest BCUT2D eigenvalue weighted by atomic mass is 10.3. The van der Waals surface area contributed by atoms with Crippen LogP contribution in [0.2, 0.25) is 5.15 Å². The maximum absolute atomic E-state index is 12.1. The predicted octanol–water partition coefficient (Wildman–Crippen LogP) is 3.30. The van der Waals surface area contributed by atoms with Crippen LogP contribution in [0.5, 0.6) is 0 Å². The van der Waals surface area contributed by atoms with Crippen molar-refractivity contribution in [2.45, 2.75) is 13.8 Å². The van der Waals surface area contributed by atoms with Gasteiger partial charge in [-0.25, -0.2) is 4.98 Å². The summed E-state index contributed by atoms with van der Waals surface area (Å²) in [5.74, 6) is -0.295. The SMILES string of the molecule is Cc1ccc(C)n1NC(=O)c1cc(Br)cnc1Cl. The first-order valence-electron chi connectivity index (χ1n) is 5.26. The summed E-state index contributed by atoms with van der Waals surface area (Å²) >= 11 is 9.17. The number of amides is 1. The van der Waals surface area contributed by atoms with Crippen LogP contribution >= 0.6 is 27.5 Å². The van der Waals surface area contributed by atoms with E-state index in [9.17, 15) is 4.79 Å². The Balaban J connectivity index is 2.30. The molecule has 0 aliphatic rings. The van der Waals surface area contributed by atoms with Gasteiger partial charge in [0.05, 0.1) is 5.56 Å². The molecule has 6 heteroatoms. The highest BCUT2D eigenvalue weighted by atomic mass is 79.9. The molecule has 1 N–H and O–H groups in total. The van der Waals surface area contributed by atoms with Crippen LogP contribution in [0.25, 0.3) is 0 Å². The zero-order valence-electron chi connectivity index (χ0n) is 9.87. The molecule has 4 nitrogen and oxygen atoms in total. The van der Waals surface area contributed by atoms with Gasteiger partial charge in [0.25, 0.3) is 5.91 Å². The molecule has 2 aromatic heterocycles. The van der Waals surface area contributed by atoms with Gasteiger partial charge < -0.3 is 0 Å². The van der Waals surface area contributed by atoms with E-state index in [1.807, 2.05) is 26.0 Å². The Morgan fingerprint density at radius 1 is 1.39 bits per heavy atom. The predicted molar refractivity (Wildman–Crippen MR) is 74.5 cm³/mol. The fourth-order valence-electron chi connectivity index (χ4n) is 1.59. The summed E-state index contributed by atoms with van der Waals surface area (Å²) in [6.07, 6.45) is 1.55. The van der Waals surface area contributed by atoms with Gasteiger partial charge in [0.2, 0.25) is 0 Å². The molecule has 2 heterocycles. The molecule has 0 bridgehead atoms. The molecule has 2 rings (SSSR count). The van der Waals surface area contributed by atoms with Gasteiger partial charge in [0.1, 0.15) is 5.15 Å². The lowest BCUT2D eigenvalue weighted by Gasteiger charge is -2.11. The normalized spacial score (nSPS) is 10.4. The summed E-state index contributed by atoms with van der Waals surface area (Å²) in [7, 11) is 0. The Labute approximate surface area is 118 Å². The Bertz CT molecular complexity index is 590. The third-order valence-corrected chi connectivity index (χ3v) is 3.27. The van der Waals surface area contributed by atoms with Crippen molar-refractivity contribution < 1.29 is 4.79 Å². The number of carbonyl (C=O) groups excluding carboxylic acids is 1. The molecular weight excluding hydrogens is 318 g/mol. The van der Waals surface area contributed by atoms with Crippen molar-refractivity contribution >= 4 is 33.4 Å². The summed E-state index contributed by atoms with van der Waals surface area (Å²) in [6, 6.07) is 5.49.